The fourth-order valence-electron chi connectivity index (χ4n) is 2.32. The number of nitrogens with zero attached hydrogens (tertiary/aromatic N) is 2. The third-order valence-electron chi connectivity index (χ3n) is 4.16. The van der Waals surface area contributed by atoms with Gasteiger partial charge in [0.1, 0.15) is 19.6 Å². The van der Waals surface area contributed by atoms with Crippen LogP contribution in [-0.4, -0.2) is 92.0 Å². The zero-order valence-electron chi connectivity index (χ0n) is 13.8. The molecule has 17 heteroatoms. The normalized spacial score (nSPS) is 28.5. The van der Waals surface area contributed by atoms with Crippen LogP contribution in [0.1, 0.15) is 6.92 Å². The van der Waals surface area contributed by atoms with E-state index < -0.39 is 31.3 Å². The van der Waals surface area contributed by atoms with E-state index in [0.29, 0.717) is 0 Å². The lowest BCUT2D eigenvalue weighted by molar-refractivity contribution is -1.15. The van der Waals surface area contributed by atoms with Gasteiger partial charge in [-0.1, -0.05) is 0 Å². The van der Waals surface area contributed by atoms with Crippen molar-refractivity contribution in [2.75, 3.05) is 45.8 Å². The van der Waals surface area contributed by atoms with E-state index in [4.69, 9.17) is 25.9 Å². The molecule has 0 atom stereocenters. The van der Waals surface area contributed by atoms with Crippen LogP contribution < -0.4 is 0 Å². The number of halogens is 7. The summed E-state index contributed by atoms with van der Waals surface area (Å²) in [4.78, 5) is 0. The first-order valence-corrected chi connectivity index (χ1v) is 9.95. The van der Waals surface area contributed by atoms with Crippen LogP contribution in [0, 0.1) is 0 Å². The third kappa shape index (κ3) is 8.02. The standard InChI is InChI=1S/C8H17FN2.2CHF3O3S/c1-2-10-3-6-11(9,7-4-10)8-5-10;2*2-1(3,4)8(5,6)7/h2-8H2,1H3;2*(H,5,6,7)/q+2;;/p-2. The molecule has 0 aliphatic carbocycles. The average molecular weight is 458 g/mol. The van der Waals surface area contributed by atoms with Gasteiger partial charge in [0.2, 0.25) is 0 Å². The van der Waals surface area contributed by atoms with E-state index in [2.05, 4.69) is 6.92 Å². The van der Waals surface area contributed by atoms with Crippen molar-refractivity contribution in [3.8, 4) is 0 Å². The van der Waals surface area contributed by atoms with Gasteiger partial charge in [0.25, 0.3) is 0 Å². The van der Waals surface area contributed by atoms with Gasteiger partial charge in [-0.25, -0.2) is 16.8 Å². The Morgan fingerprint density at radius 2 is 0.963 bits per heavy atom. The highest BCUT2D eigenvalue weighted by Crippen LogP contribution is 2.26. The molecular weight excluding hydrogens is 441 g/mol. The second-order valence-electron chi connectivity index (χ2n) is 5.83. The lowest BCUT2D eigenvalue weighted by Gasteiger charge is -2.49. The third-order valence-corrected chi connectivity index (χ3v) is 5.30. The SMILES string of the molecule is CC[N+]12CC[N+](F)(CC1)CC2.O=S(=O)([O-])C(F)(F)F.O=S(=O)([O-])C(F)(F)F. The molecule has 3 fully saturated rings. The molecule has 0 aromatic rings. The minimum Gasteiger partial charge on any atom is -0.741 e. The van der Waals surface area contributed by atoms with Crippen molar-refractivity contribution in [1.29, 1.82) is 0 Å². The topological polar surface area (TPSA) is 114 Å². The number of fused-ring (bicyclic) bond motifs is 3. The Bertz CT molecular complexity index is 638. The van der Waals surface area contributed by atoms with Crippen LogP contribution in [0.5, 0.6) is 0 Å². The van der Waals surface area contributed by atoms with Crippen molar-refractivity contribution in [3.05, 3.63) is 0 Å². The minimum atomic E-state index is -6.09. The predicted molar refractivity (Wildman–Crippen MR) is 72.9 cm³/mol. The molecule has 0 spiro atoms. The summed E-state index contributed by atoms with van der Waals surface area (Å²) in [7, 11) is -12.2. The van der Waals surface area contributed by atoms with Gasteiger partial charge in [0, 0.05) is 0 Å². The number of hydrogen-bond acceptors (Lipinski definition) is 6. The van der Waals surface area contributed by atoms with Crippen LogP contribution in [0.2, 0.25) is 0 Å². The Morgan fingerprint density at radius 3 is 1.11 bits per heavy atom. The molecule has 3 heterocycles. The zero-order valence-corrected chi connectivity index (χ0v) is 15.4. The van der Waals surface area contributed by atoms with Gasteiger partial charge in [-0.05, 0) is 11.4 Å². The van der Waals surface area contributed by atoms with E-state index in [1.807, 2.05) is 0 Å². The van der Waals surface area contributed by atoms with Crippen LogP contribution in [0.25, 0.3) is 0 Å². The second kappa shape index (κ2) is 8.32. The average Bonchev–Trinajstić information content (AvgIpc) is 2.46. The van der Waals surface area contributed by atoms with Crippen molar-refractivity contribution in [3.63, 3.8) is 0 Å². The van der Waals surface area contributed by atoms with E-state index in [0.717, 1.165) is 39.3 Å². The number of rotatable bonds is 1. The molecular formula is C10H17F7N2O6S2. The van der Waals surface area contributed by atoms with Gasteiger partial charge in [0.05, 0.1) is 6.54 Å². The van der Waals surface area contributed by atoms with E-state index in [-0.39, 0.29) is 4.71 Å². The maximum absolute atomic E-state index is 13.6. The molecule has 0 amide bonds. The number of piperazine rings is 3. The molecule has 0 aromatic carbocycles. The molecule has 0 unspecified atom stereocenters. The van der Waals surface area contributed by atoms with Gasteiger partial charge in [-0.15, -0.1) is 4.71 Å². The van der Waals surface area contributed by atoms with Crippen molar-refractivity contribution in [2.45, 2.75) is 17.9 Å². The minimum absolute atomic E-state index is 0.139. The van der Waals surface area contributed by atoms with Crippen LogP contribution in [0.4, 0.5) is 30.8 Å². The monoisotopic (exact) mass is 458 g/mol. The van der Waals surface area contributed by atoms with E-state index >= 15 is 0 Å². The molecule has 8 nitrogen and oxygen atoms in total. The second-order valence-corrected chi connectivity index (χ2v) is 8.57. The summed E-state index contributed by atoms with van der Waals surface area (Å²) in [6, 6.07) is 0. The Labute approximate surface area is 150 Å². The molecule has 3 saturated heterocycles. The smallest absolute Gasteiger partial charge is 0.485 e. The van der Waals surface area contributed by atoms with Crippen molar-refractivity contribution < 1.29 is 66.0 Å². The Balaban J connectivity index is 0.000000387. The highest BCUT2D eigenvalue weighted by Gasteiger charge is 2.49. The number of alkyl halides is 6. The van der Waals surface area contributed by atoms with Crippen LogP contribution in [0.3, 0.4) is 0 Å². The van der Waals surface area contributed by atoms with Gasteiger partial charge in [0.15, 0.2) is 39.9 Å². The molecule has 2 bridgehead atoms. The summed E-state index contributed by atoms with van der Waals surface area (Å²) in [6.07, 6.45) is 0. The first-order chi connectivity index (χ1) is 11.7. The highest BCUT2D eigenvalue weighted by molar-refractivity contribution is 7.86. The number of quaternary nitrogens is 2. The van der Waals surface area contributed by atoms with Crippen molar-refractivity contribution in [2.24, 2.45) is 0 Å². The van der Waals surface area contributed by atoms with E-state index in [1.54, 1.807) is 0 Å². The van der Waals surface area contributed by atoms with Crippen LogP contribution >= 0.6 is 0 Å². The Kier molecular flexibility index (Phi) is 8.09. The number of likely N-dealkylation sites (N-methyl/N-ethyl adjacent to an activating group) is 1. The van der Waals surface area contributed by atoms with Gasteiger partial charge >= 0.3 is 11.0 Å². The largest absolute Gasteiger partial charge is 0.741 e. The molecule has 3 rings (SSSR count). The van der Waals surface area contributed by atoms with Crippen molar-refractivity contribution in [1.82, 2.24) is 0 Å². The zero-order chi connectivity index (χ0) is 21.9. The molecule has 0 N–H and O–H groups in total. The van der Waals surface area contributed by atoms with Crippen molar-refractivity contribution >= 4 is 20.2 Å². The highest BCUT2D eigenvalue weighted by atomic mass is 32.2. The Morgan fingerprint density at radius 1 is 0.741 bits per heavy atom. The van der Waals surface area contributed by atoms with Crippen LogP contribution in [0.15, 0.2) is 0 Å². The maximum Gasteiger partial charge on any atom is 0.485 e. The predicted octanol–water partition coefficient (Wildman–Crippen LogP) is 0.654. The molecule has 27 heavy (non-hydrogen) atoms. The molecule has 0 radical (unpaired) electrons. The van der Waals surface area contributed by atoms with Gasteiger partial charge in [-0.3, -0.25) is 0 Å². The summed E-state index contributed by atoms with van der Waals surface area (Å²) in [6.45, 7) is 8.88. The molecule has 3 aliphatic rings. The lowest BCUT2D eigenvalue weighted by Crippen LogP contribution is -2.72. The van der Waals surface area contributed by atoms with E-state index in [1.165, 1.54) is 11.0 Å². The molecule has 3 aliphatic heterocycles. The van der Waals surface area contributed by atoms with Crippen LogP contribution in [-0.2, 0) is 20.2 Å². The summed E-state index contributed by atoms with van der Waals surface area (Å²) in [5.41, 5.74) is -11.3. The van der Waals surface area contributed by atoms with Gasteiger partial charge < -0.3 is 13.6 Å². The fourth-order valence-corrected chi connectivity index (χ4v) is 2.32. The summed E-state index contributed by atoms with van der Waals surface area (Å²) >= 11 is 0. The molecule has 0 saturated carbocycles. The number of hydrogen-bond donors (Lipinski definition) is 0. The summed E-state index contributed by atoms with van der Waals surface area (Å²) < 4.78 is 132. The summed E-state index contributed by atoms with van der Waals surface area (Å²) in [5.74, 6) is 0. The molecule has 0 aromatic heterocycles. The Hall–Kier alpha value is -0.750. The quantitative estimate of drug-likeness (QED) is 0.187. The fraction of sp³-hybridized carbons (Fsp3) is 1.00. The first kappa shape index (κ1) is 26.2. The summed E-state index contributed by atoms with van der Waals surface area (Å²) in [5, 5.41) is 0. The lowest BCUT2D eigenvalue weighted by atomic mass is 10.1. The van der Waals surface area contributed by atoms with E-state index in [9.17, 15) is 30.8 Å². The molecule has 164 valence electrons. The first-order valence-electron chi connectivity index (χ1n) is 7.13. The maximum atomic E-state index is 13.6. The van der Waals surface area contributed by atoms with Gasteiger partial charge in [-0.2, -0.15) is 26.3 Å².